The molecular formula is C25H22O5. The van der Waals surface area contributed by atoms with Crippen LogP contribution in [0.2, 0.25) is 0 Å². The van der Waals surface area contributed by atoms with Gasteiger partial charge in [-0.2, -0.15) is 0 Å². The summed E-state index contributed by atoms with van der Waals surface area (Å²) >= 11 is 0. The number of carbonyl (C=O) groups is 2. The van der Waals surface area contributed by atoms with Gasteiger partial charge in [0.15, 0.2) is 0 Å². The Balaban J connectivity index is 1.26. The van der Waals surface area contributed by atoms with Crippen molar-refractivity contribution in [3.8, 4) is 11.1 Å². The van der Waals surface area contributed by atoms with Gasteiger partial charge < -0.3 is 14.6 Å². The molecule has 5 nitrogen and oxygen atoms in total. The largest absolute Gasteiger partial charge is 0.508 e. The fraction of sp³-hybridized carbons (Fsp3) is 0.200. The van der Waals surface area contributed by atoms with Crippen LogP contribution in [0.1, 0.15) is 39.4 Å². The van der Waals surface area contributed by atoms with Crippen LogP contribution >= 0.6 is 0 Å². The Morgan fingerprint density at radius 2 is 1.40 bits per heavy atom. The van der Waals surface area contributed by atoms with Crippen molar-refractivity contribution < 1.29 is 24.2 Å². The average Bonchev–Trinajstić information content (AvgIpc) is 3.09. The second-order valence-corrected chi connectivity index (χ2v) is 7.24. The van der Waals surface area contributed by atoms with Gasteiger partial charge in [0.25, 0.3) is 0 Å². The molecule has 30 heavy (non-hydrogen) atoms. The van der Waals surface area contributed by atoms with E-state index in [1.807, 2.05) is 24.3 Å². The van der Waals surface area contributed by atoms with Crippen molar-refractivity contribution in [3.05, 3.63) is 95.1 Å². The van der Waals surface area contributed by atoms with Crippen LogP contribution in [-0.4, -0.2) is 30.4 Å². The Labute approximate surface area is 174 Å². The van der Waals surface area contributed by atoms with Gasteiger partial charge in [-0.15, -0.1) is 0 Å². The quantitative estimate of drug-likeness (QED) is 0.430. The molecule has 0 unspecified atom stereocenters. The molecule has 0 radical (unpaired) electrons. The average molecular weight is 402 g/mol. The van der Waals surface area contributed by atoms with Gasteiger partial charge in [0, 0.05) is 5.92 Å². The molecule has 5 heteroatoms. The zero-order valence-corrected chi connectivity index (χ0v) is 16.4. The Morgan fingerprint density at radius 1 is 0.800 bits per heavy atom. The third kappa shape index (κ3) is 4.20. The molecule has 0 aliphatic heterocycles. The van der Waals surface area contributed by atoms with Gasteiger partial charge in [0.2, 0.25) is 0 Å². The van der Waals surface area contributed by atoms with Crippen molar-refractivity contribution in [1.82, 2.24) is 0 Å². The Hall–Kier alpha value is -3.60. The first-order valence-electron chi connectivity index (χ1n) is 9.93. The highest BCUT2D eigenvalue weighted by Gasteiger charge is 2.29. The molecule has 1 aliphatic rings. The summed E-state index contributed by atoms with van der Waals surface area (Å²) in [6.07, 6.45) is 0.658. The van der Waals surface area contributed by atoms with Gasteiger partial charge in [0.1, 0.15) is 6.61 Å². The fourth-order valence-electron chi connectivity index (χ4n) is 3.88. The minimum Gasteiger partial charge on any atom is -0.478 e. The molecule has 0 atom stereocenters. The molecule has 1 N–H and O–H groups in total. The number of carboxylic acid groups (broad SMARTS) is 1. The van der Waals surface area contributed by atoms with E-state index in [9.17, 15) is 9.59 Å². The van der Waals surface area contributed by atoms with E-state index in [2.05, 4.69) is 24.3 Å². The number of hydrogen-bond acceptors (Lipinski definition) is 4. The van der Waals surface area contributed by atoms with Gasteiger partial charge in [-0.3, -0.25) is 0 Å². The Bertz CT molecular complexity index is 1010. The summed E-state index contributed by atoms with van der Waals surface area (Å²) in [5, 5.41) is 8.92. The maximum absolute atomic E-state index is 12.0. The lowest BCUT2D eigenvalue weighted by Gasteiger charge is -2.14. The highest BCUT2D eigenvalue weighted by molar-refractivity contribution is 5.87. The first-order chi connectivity index (χ1) is 14.6. The van der Waals surface area contributed by atoms with Crippen molar-refractivity contribution in [2.24, 2.45) is 0 Å². The molecule has 0 amide bonds. The predicted octanol–water partition coefficient (Wildman–Crippen LogP) is 5.28. The molecule has 0 aromatic heterocycles. The van der Waals surface area contributed by atoms with Crippen LogP contribution in [0.4, 0.5) is 4.79 Å². The minimum atomic E-state index is -0.944. The molecule has 1 aliphatic carbocycles. The smallest absolute Gasteiger partial charge is 0.478 e. The van der Waals surface area contributed by atoms with Crippen molar-refractivity contribution in [2.45, 2.75) is 18.8 Å². The second kappa shape index (κ2) is 8.82. The van der Waals surface area contributed by atoms with Gasteiger partial charge in [-0.1, -0.05) is 60.7 Å². The first kappa shape index (κ1) is 19.7. The minimum absolute atomic E-state index is 0.0118. The van der Waals surface area contributed by atoms with E-state index < -0.39 is 12.1 Å². The SMILES string of the molecule is O=C(OCCCc1ccc(C(=O)O)cc1)OCC1c2ccccc2-c2ccccc21. The van der Waals surface area contributed by atoms with E-state index in [-0.39, 0.29) is 24.7 Å². The van der Waals surface area contributed by atoms with Gasteiger partial charge in [-0.05, 0) is 52.8 Å². The number of ether oxygens (including phenoxy) is 2. The van der Waals surface area contributed by atoms with E-state index in [1.165, 1.54) is 11.1 Å². The maximum atomic E-state index is 12.0. The molecule has 0 bridgehead atoms. The Morgan fingerprint density at radius 3 is 2.00 bits per heavy atom. The molecule has 0 spiro atoms. The zero-order valence-electron chi connectivity index (χ0n) is 16.4. The summed E-state index contributed by atoms with van der Waals surface area (Å²) in [6.45, 7) is 0.487. The zero-order chi connectivity index (χ0) is 20.9. The summed E-state index contributed by atoms with van der Waals surface area (Å²) in [5.74, 6) is -0.933. The number of fused-ring (bicyclic) bond motifs is 3. The standard InChI is InChI=1S/C25H22O5/c26-24(27)18-13-11-17(12-14-18)6-5-15-29-25(28)30-16-23-21-9-3-1-7-19(21)20-8-2-4-10-22(20)23/h1-4,7-14,23H,5-6,15-16H2,(H,26,27). The first-order valence-corrected chi connectivity index (χ1v) is 9.93. The highest BCUT2D eigenvalue weighted by atomic mass is 16.7. The van der Waals surface area contributed by atoms with Crippen molar-refractivity contribution in [2.75, 3.05) is 13.2 Å². The van der Waals surface area contributed by atoms with Crippen molar-refractivity contribution in [1.29, 1.82) is 0 Å². The van der Waals surface area contributed by atoms with Crippen LogP contribution in [-0.2, 0) is 15.9 Å². The van der Waals surface area contributed by atoms with E-state index in [4.69, 9.17) is 14.6 Å². The topological polar surface area (TPSA) is 72.8 Å². The van der Waals surface area contributed by atoms with Crippen LogP contribution in [0.3, 0.4) is 0 Å². The maximum Gasteiger partial charge on any atom is 0.508 e. The number of rotatable bonds is 7. The third-order valence-electron chi connectivity index (χ3n) is 5.36. The number of aromatic carboxylic acids is 1. The third-order valence-corrected chi connectivity index (χ3v) is 5.36. The molecule has 0 heterocycles. The molecule has 3 aromatic rings. The van der Waals surface area contributed by atoms with Gasteiger partial charge in [-0.25, -0.2) is 9.59 Å². The number of benzene rings is 3. The van der Waals surface area contributed by atoms with Crippen LogP contribution in [0.15, 0.2) is 72.8 Å². The molecule has 3 aromatic carbocycles. The molecule has 0 saturated heterocycles. The summed E-state index contributed by atoms with van der Waals surface area (Å²) in [4.78, 5) is 22.9. The summed E-state index contributed by atoms with van der Waals surface area (Å²) in [7, 11) is 0. The van der Waals surface area contributed by atoms with Crippen molar-refractivity contribution in [3.63, 3.8) is 0 Å². The molecule has 0 saturated carbocycles. The monoisotopic (exact) mass is 402 g/mol. The summed E-state index contributed by atoms with van der Waals surface area (Å²) < 4.78 is 10.6. The Kier molecular flexibility index (Phi) is 5.80. The van der Waals surface area contributed by atoms with Crippen LogP contribution in [0.25, 0.3) is 11.1 Å². The summed E-state index contributed by atoms with van der Waals surface area (Å²) in [6, 6.07) is 23.1. The van der Waals surface area contributed by atoms with E-state index in [1.54, 1.807) is 24.3 Å². The lowest BCUT2D eigenvalue weighted by molar-refractivity contribution is 0.0526. The van der Waals surface area contributed by atoms with E-state index in [0.29, 0.717) is 12.8 Å². The lowest BCUT2D eigenvalue weighted by atomic mass is 9.98. The van der Waals surface area contributed by atoms with Crippen LogP contribution in [0.5, 0.6) is 0 Å². The molecule has 4 rings (SSSR count). The summed E-state index contributed by atoms with van der Waals surface area (Å²) in [5.41, 5.74) is 5.95. The molecular weight excluding hydrogens is 380 g/mol. The van der Waals surface area contributed by atoms with Gasteiger partial charge in [0.05, 0.1) is 12.2 Å². The molecule has 152 valence electrons. The number of hydrogen-bond donors (Lipinski definition) is 1. The van der Waals surface area contributed by atoms with E-state index in [0.717, 1.165) is 16.7 Å². The van der Waals surface area contributed by atoms with Crippen molar-refractivity contribution >= 4 is 12.1 Å². The lowest BCUT2D eigenvalue weighted by Crippen LogP contribution is -2.14. The fourth-order valence-corrected chi connectivity index (χ4v) is 3.88. The predicted molar refractivity (Wildman–Crippen MR) is 113 cm³/mol. The highest BCUT2D eigenvalue weighted by Crippen LogP contribution is 2.44. The molecule has 0 fully saturated rings. The van der Waals surface area contributed by atoms with Gasteiger partial charge >= 0.3 is 12.1 Å². The van der Waals surface area contributed by atoms with Crippen LogP contribution < -0.4 is 0 Å². The number of carbonyl (C=O) groups excluding carboxylic acids is 1. The number of carboxylic acids is 1. The normalized spacial score (nSPS) is 12.1. The van der Waals surface area contributed by atoms with Crippen LogP contribution in [0, 0.1) is 0 Å². The van der Waals surface area contributed by atoms with E-state index >= 15 is 0 Å². The second-order valence-electron chi connectivity index (χ2n) is 7.24. The number of aryl methyl sites for hydroxylation is 1.